The molecule has 0 bridgehead atoms. The van der Waals surface area contributed by atoms with E-state index in [2.05, 4.69) is 20.9 Å². The molecule has 5 N–H and O–H groups in total. The topological polar surface area (TPSA) is 118 Å². The zero-order valence-corrected chi connectivity index (χ0v) is 19.5. The summed E-state index contributed by atoms with van der Waals surface area (Å²) in [6, 6.07) is 10.8. The molecule has 0 aliphatic carbocycles. The molecule has 3 rings (SSSR count). The summed E-state index contributed by atoms with van der Waals surface area (Å²) in [6.07, 6.45) is 1.94. The fourth-order valence-corrected chi connectivity index (χ4v) is 3.21. The molecular weight excluding hydrogens is 461 g/mol. The Balaban J connectivity index is 1.90. The highest BCUT2D eigenvalue weighted by atomic mass is 35.5. The molecule has 3 aromatic rings. The molecule has 10 heteroatoms. The zero-order valence-electron chi connectivity index (χ0n) is 18.7. The summed E-state index contributed by atoms with van der Waals surface area (Å²) in [5, 5.41) is 8.55. The first kappa shape index (κ1) is 24.9. The van der Waals surface area contributed by atoms with E-state index < -0.39 is 17.6 Å². The van der Waals surface area contributed by atoms with Gasteiger partial charge in [0.25, 0.3) is 11.8 Å². The van der Waals surface area contributed by atoms with Crippen molar-refractivity contribution in [2.24, 2.45) is 5.73 Å². The third kappa shape index (κ3) is 6.21. The van der Waals surface area contributed by atoms with Gasteiger partial charge in [0.1, 0.15) is 22.9 Å². The SMILES string of the molecule is CNc1cc(F)c(C(=O)Nc2ccc(C)cc2C(=O)Nc2ccc(Cl)cn2)c(OCCCN)c1. The molecule has 2 amide bonds. The Bertz CT molecular complexity index is 1190. The molecule has 2 aromatic carbocycles. The van der Waals surface area contributed by atoms with E-state index in [1.54, 1.807) is 37.4 Å². The number of pyridine rings is 1. The van der Waals surface area contributed by atoms with Crippen LogP contribution in [0.2, 0.25) is 5.02 Å². The highest BCUT2D eigenvalue weighted by Gasteiger charge is 2.22. The Kier molecular flexibility index (Phi) is 8.39. The lowest BCUT2D eigenvalue weighted by atomic mass is 10.1. The summed E-state index contributed by atoms with van der Waals surface area (Å²) in [4.78, 5) is 30.1. The smallest absolute Gasteiger partial charge is 0.262 e. The van der Waals surface area contributed by atoms with Gasteiger partial charge in [-0.15, -0.1) is 0 Å². The number of aryl methyl sites for hydroxylation is 1. The van der Waals surface area contributed by atoms with Crippen LogP contribution in [-0.4, -0.2) is 37.0 Å². The standard InChI is InChI=1S/C24H25ClFN5O3/c1-14-4-6-19(17(10-14)23(32)31-21-7-5-15(25)13-29-21)30-24(33)22-18(26)11-16(28-2)12-20(22)34-9-3-8-27/h4-7,10-13,28H,3,8-9,27H2,1-2H3,(H,30,33)(H,29,31,32). The first-order chi connectivity index (χ1) is 16.3. The van der Waals surface area contributed by atoms with Crippen LogP contribution >= 0.6 is 11.6 Å². The third-order valence-electron chi connectivity index (χ3n) is 4.81. The molecule has 0 aliphatic heterocycles. The van der Waals surface area contributed by atoms with Crippen LogP contribution in [0.1, 0.15) is 32.7 Å². The van der Waals surface area contributed by atoms with Crippen LogP contribution in [0.25, 0.3) is 0 Å². The van der Waals surface area contributed by atoms with Crippen molar-refractivity contribution in [3.63, 3.8) is 0 Å². The largest absolute Gasteiger partial charge is 0.493 e. The third-order valence-corrected chi connectivity index (χ3v) is 5.04. The zero-order chi connectivity index (χ0) is 24.7. The van der Waals surface area contributed by atoms with Gasteiger partial charge in [-0.1, -0.05) is 23.2 Å². The fraction of sp³-hybridized carbons (Fsp3) is 0.208. The van der Waals surface area contributed by atoms with Gasteiger partial charge in [0.05, 0.1) is 22.9 Å². The molecule has 0 atom stereocenters. The minimum atomic E-state index is -0.768. The number of carbonyl (C=O) groups is 2. The molecule has 0 saturated carbocycles. The fourth-order valence-electron chi connectivity index (χ4n) is 3.10. The highest BCUT2D eigenvalue weighted by molar-refractivity contribution is 6.30. The second kappa shape index (κ2) is 11.4. The van der Waals surface area contributed by atoms with Gasteiger partial charge in [-0.25, -0.2) is 9.37 Å². The van der Waals surface area contributed by atoms with Crippen LogP contribution in [-0.2, 0) is 0 Å². The van der Waals surface area contributed by atoms with E-state index in [0.29, 0.717) is 23.7 Å². The van der Waals surface area contributed by atoms with Crippen LogP contribution in [0.5, 0.6) is 5.75 Å². The van der Waals surface area contributed by atoms with Crippen molar-refractivity contribution >= 4 is 40.6 Å². The number of benzene rings is 2. The van der Waals surface area contributed by atoms with Crippen molar-refractivity contribution in [2.45, 2.75) is 13.3 Å². The van der Waals surface area contributed by atoms with Crippen LogP contribution in [0.3, 0.4) is 0 Å². The Morgan fingerprint density at radius 3 is 2.59 bits per heavy atom. The van der Waals surface area contributed by atoms with E-state index >= 15 is 0 Å². The number of aromatic nitrogens is 1. The Hall–Kier alpha value is -3.69. The van der Waals surface area contributed by atoms with Gasteiger partial charge in [-0.2, -0.15) is 0 Å². The van der Waals surface area contributed by atoms with Crippen molar-refractivity contribution in [3.05, 3.63) is 76.2 Å². The number of nitrogens with two attached hydrogens (primary N) is 1. The number of nitrogens with one attached hydrogen (secondary N) is 3. The van der Waals surface area contributed by atoms with Crippen LogP contribution < -0.4 is 26.4 Å². The maximum absolute atomic E-state index is 14.9. The number of amides is 2. The van der Waals surface area contributed by atoms with E-state index in [1.807, 2.05) is 6.92 Å². The lowest BCUT2D eigenvalue weighted by Gasteiger charge is -2.16. The molecular formula is C24H25ClFN5O3. The first-order valence-corrected chi connectivity index (χ1v) is 10.9. The average molecular weight is 486 g/mol. The average Bonchev–Trinajstić information content (AvgIpc) is 2.81. The molecule has 34 heavy (non-hydrogen) atoms. The van der Waals surface area contributed by atoms with Crippen LogP contribution in [0, 0.1) is 12.7 Å². The first-order valence-electron chi connectivity index (χ1n) is 10.5. The van der Waals surface area contributed by atoms with Gasteiger partial charge in [-0.3, -0.25) is 9.59 Å². The maximum atomic E-state index is 14.9. The number of ether oxygens (including phenoxy) is 1. The number of anilines is 3. The van der Waals surface area contributed by atoms with Crippen molar-refractivity contribution in [1.29, 1.82) is 0 Å². The Labute approximate surface area is 201 Å². The normalized spacial score (nSPS) is 10.5. The predicted octanol–water partition coefficient (Wildman–Crippen LogP) is 4.46. The van der Waals surface area contributed by atoms with Crippen molar-refractivity contribution in [3.8, 4) is 5.75 Å². The number of rotatable bonds is 9. The number of halogens is 2. The molecule has 1 heterocycles. The lowest BCUT2D eigenvalue weighted by molar-refractivity contribution is 0.101. The Morgan fingerprint density at radius 2 is 1.91 bits per heavy atom. The second-order valence-corrected chi connectivity index (χ2v) is 7.83. The number of hydrogen-bond acceptors (Lipinski definition) is 6. The number of carbonyl (C=O) groups excluding carboxylic acids is 2. The highest BCUT2D eigenvalue weighted by Crippen LogP contribution is 2.29. The summed E-state index contributed by atoms with van der Waals surface area (Å²) in [5.74, 6) is -1.67. The van der Waals surface area contributed by atoms with Crippen molar-refractivity contribution < 1.29 is 18.7 Å². The van der Waals surface area contributed by atoms with Gasteiger partial charge >= 0.3 is 0 Å². The molecule has 0 unspecified atom stereocenters. The molecule has 0 fully saturated rings. The number of nitrogens with zero attached hydrogens (tertiary/aromatic N) is 1. The van der Waals surface area contributed by atoms with Crippen LogP contribution in [0.15, 0.2) is 48.7 Å². The second-order valence-electron chi connectivity index (χ2n) is 7.39. The quantitative estimate of drug-likeness (QED) is 0.332. The van der Waals surface area contributed by atoms with Gasteiger partial charge < -0.3 is 26.4 Å². The molecule has 0 radical (unpaired) electrons. The van der Waals surface area contributed by atoms with E-state index in [9.17, 15) is 14.0 Å². The molecule has 1 aromatic heterocycles. The van der Waals surface area contributed by atoms with Gasteiger partial charge in [-0.05, 0) is 50.2 Å². The summed E-state index contributed by atoms with van der Waals surface area (Å²) in [7, 11) is 1.63. The van der Waals surface area contributed by atoms with E-state index in [-0.39, 0.29) is 35.0 Å². The summed E-state index contributed by atoms with van der Waals surface area (Å²) in [6.45, 7) is 2.41. The summed E-state index contributed by atoms with van der Waals surface area (Å²) < 4.78 is 20.5. The minimum absolute atomic E-state index is 0.0683. The van der Waals surface area contributed by atoms with Crippen LogP contribution in [0.4, 0.5) is 21.6 Å². The van der Waals surface area contributed by atoms with Gasteiger partial charge in [0, 0.05) is 25.0 Å². The molecule has 8 nitrogen and oxygen atoms in total. The molecule has 0 saturated heterocycles. The minimum Gasteiger partial charge on any atom is -0.493 e. The Morgan fingerprint density at radius 1 is 1.12 bits per heavy atom. The molecule has 178 valence electrons. The van der Waals surface area contributed by atoms with E-state index in [4.69, 9.17) is 22.1 Å². The molecule has 0 spiro atoms. The van der Waals surface area contributed by atoms with E-state index in [0.717, 1.165) is 5.56 Å². The number of hydrogen-bond donors (Lipinski definition) is 4. The summed E-state index contributed by atoms with van der Waals surface area (Å²) >= 11 is 5.84. The van der Waals surface area contributed by atoms with Crippen molar-refractivity contribution in [1.82, 2.24) is 4.98 Å². The van der Waals surface area contributed by atoms with E-state index in [1.165, 1.54) is 18.3 Å². The predicted molar refractivity (Wildman–Crippen MR) is 131 cm³/mol. The van der Waals surface area contributed by atoms with Crippen molar-refractivity contribution in [2.75, 3.05) is 36.1 Å². The molecule has 0 aliphatic rings. The maximum Gasteiger partial charge on any atom is 0.262 e. The van der Waals surface area contributed by atoms with Gasteiger partial charge in [0.15, 0.2) is 0 Å². The summed E-state index contributed by atoms with van der Waals surface area (Å²) in [5.41, 5.74) is 6.85. The lowest BCUT2D eigenvalue weighted by Crippen LogP contribution is -2.20. The van der Waals surface area contributed by atoms with Gasteiger partial charge in [0.2, 0.25) is 0 Å². The monoisotopic (exact) mass is 485 g/mol.